The van der Waals surface area contributed by atoms with Gasteiger partial charge in [0.25, 0.3) is 0 Å². The molecule has 1 aliphatic carbocycles. The van der Waals surface area contributed by atoms with E-state index in [1.807, 2.05) is 0 Å². The molecule has 0 aromatic rings. The summed E-state index contributed by atoms with van der Waals surface area (Å²) in [5.74, 6) is 0.368. The number of carbonyl (C=O) groups excluding carboxylic acids is 2. The number of hydrogen-bond donors (Lipinski definition) is 1. The topological polar surface area (TPSA) is 46.2 Å². The Morgan fingerprint density at radius 3 is 2.25 bits per heavy atom. The molecule has 1 saturated carbocycles. The molecule has 0 heterocycles. The zero-order chi connectivity index (χ0) is 12.0. The fourth-order valence-corrected chi connectivity index (χ4v) is 2.33. The predicted molar refractivity (Wildman–Crippen MR) is 64.1 cm³/mol. The van der Waals surface area contributed by atoms with Crippen LogP contribution < -0.4 is 5.32 Å². The molecule has 0 saturated heterocycles. The lowest BCUT2D eigenvalue weighted by molar-refractivity contribution is -0.129. The summed E-state index contributed by atoms with van der Waals surface area (Å²) in [6, 6.07) is -0.310. The average Bonchev–Trinajstić information content (AvgIpc) is 2.56. The van der Waals surface area contributed by atoms with Crippen molar-refractivity contribution in [2.45, 2.75) is 64.8 Å². The van der Waals surface area contributed by atoms with Crippen molar-refractivity contribution in [1.29, 1.82) is 0 Å². The van der Waals surface area contributed by atoms with E-state index in [0.717, 1.165) is 25.7 Å². The van der Waals surface area contributed by atoms with Gasteiger partial charge in [-0.05, 0) is 19.8 Å². The molecule has 1 fully saturated rings. The zero-order valence-corrected chi connectivity index (χ0v) is 10.4. The number of Topliss-reactive ketones (excluding diaryl/α,β-unsaturated/α-hetero) is 1. The number of rotatable bonds is 4. The molecule has 3 nitrogen and oxygen atoms in total. The highest BCUT2D eigenvalue weighted by Crippen LogP contribution is 2.24. The van der Waals surface area contributed by atoms with Crippen LogP contribution in [0, 0.1) is 5.92 Å². The van der Waals surface area contributed by atoms with E-state index in [2.05, 4.69) is 5.32 Å². The molecule has 92 valence electrons. The second kappa shape index (κ2) is 6.66. The summed E-state index contributed by atoms with van der Waals surface area (Å²) in [6.45, 7) is 3.61. The molecule has 0 radical (unpaired) electrons. The van der Waals surface area contributed by atoms with E-state index in [0.29, 0.717) is 6.42 Å². The third kappa shape index (κ3) is 3.95. The summed E-state index contributed by atoms with van der Waals surface area (Å²) in [5.41, 5.74) is 0. The number of carbonyl (C=O) groups is 2. The Morgan fingerprint density at radius 1 is 1.19 bits per heavy atom. The van der Waals surface area contributed by atoms with Gasteiger partial charge in [-0.25, -0.2) is 0 Å². The van der Waals surface area contributed by atoms with Crippen LogP contribution in [-0.4, -0.2) is 17.7 Å². The molecule has 0 aromatic carbocycles. The first kappa shape index (κ1) is 13.2. The van der Waals surface area contributed by atoms with Crippen LogP contribution in [0.25, 0.3) is 0 Å². The molecule has 1 aliphatic rings. The molecular formula is C13H23NO2. The number of ketones is 1. The summed E-state index contributed by atoms with van der Waals surface area (Å²) >= 11 is 0. The lowest BCUT2D eigenvalue weighted by Gasteiger charge is -2.19. The maximum absolute atomic E-state index is 12.1. The Bertz CT molecular complexity index is 242. The predicted octanol–water partition coefficient (Wildman–Crippen LogP) is 2.44. The quantitative estimate of drug-likeness (QED) is 0.747. The van der Waals surface area contributed by atoms with Gasteiger partial charge in [0.1, 0.15) is 0 Å². The van der Waals surface area contributed by atoms with Crippen molar-refractivity contribution in [2.24, 2.45) is 5.92 Å². The zero-order valence-electron chi connectivity index (χ0n) is 10.4. The van der Waals surface area contributed by atoms with Crippen molar-refractivity contribution < 1.29 is 9.59 Å². The molecule has 1 amide bonds. The van der Waals surface area contributed by atoms with Crippen LogP contribution in [0.2, 0.25) is 0 Å². The van der Waals surface area contributed by atoms with Crippen LogP contribution in [0.3, 0.4) is 0 Å². The third-order valence-electron chi connectivity index (χ3n) is 3.38. The second-order valence-electron chi connectivity index (χ2n) is 4.73. The third-order valence-corrected chi connectivity index (χ3v) is 3.38. The van der Waals surface area contributed by atoms with Crippen molar-refractivity contribution in [1.82, 2.24) is 5.32 Å². The molecule has 1 N–H and O–H groups in total. The highest BCUT2D eigenvalue weighted by atomic mass is 16.2. The summed E-state index contributed by atoms with van der Waals surface area (Å²) in [5, 5.41) is 2.76. The van der Waals surface area contributed by atoms with Crippen molar-refractivity contribution in [2.75, 3.05) is 0 Å². The highest BCUT2D eigenvalue weighted by molar-refractivity contribution is 5.90. The minimum atomic E-state index is -0.310. The highest BCUT2D eigenvalue weighted by Gasteiger charge is 2.25. The van der Waals surface area contributed by atoms with E-state index >= 15 is 0 Å². The minimum Gasteiger partial charge on any atom is -0.347 e. The van der Waals surface area contributed by atoms with Crippen LogP contribution in [0.4, 0.5) is 0 Å². The summed E-state index contributed by atoms with van der Waals surface area (Å²) in [7, 11) is 0. The minimum absolute atomic E-state index is 0.0329. The van der Waals surface area contributed by atoms with Gasteiger partial charge in [-0.2, -0.15) is 0 Å². The van der Waals surface area contributed by atoms with Crippen LogP contribution >= 0.6 is 0 Å². The Hall–Kier alpha value is -0.860. The first-order valence-corrected chi connectivity index (χ1v) is 6.48. The first-order valence-electron chi connectivity index (χ1n) is 6.48. The fraction of sp³-hybridized carbons (Fsp3) is 0.846. The van der Waals surface area contributed by atoms with Crippen molar-refractivity contribution >= 4 is 11.7 Å². The van der Waals surface area contributed by atoms with Gasteiger partial charge in [-0.3, -0.25) is 9.59 Å². The monoisotopic (exact) mass is 225 g/mol. The average molecular weight is 225 g/mol. The van der Waals surface area contributed by atoms with Gasteiger partial charge < -0.3 is 5.32 Å². The van der Waals surface area contributed by atoms with E-state index in [9.17, 15) is 9.59 Å². The summed E-state index contributed by atoms with van der Waals surface area (Å²) < 4.78 is 0. The van der Waals surface area contributed by atoms with Crippen molar-refractivity contribution in [3.63, 3.8) is 0 Å². The van der Waals surface area contributed by atoms with Gasteiger partial charge >= 0.3 is 0 Å². The summed E-state index contributed by atoms with van der Waals surface area (Å²) in [4.78, 5) is 23.3. The summed E-state index contributed by atoms with van der Waals surface area (Å²) in [6.07, 6.45) is 7.27. The van der Waals surface area contributed by atoms with Gasteiger partial charge in [0, 0.05) is 12.3 Å². The van der Waals surface area contributed by atoms with Crippen molar-refractivity contribution in [3.05, 3.63) is 0 Å². The molecule has 16 heavy (non-hydrogen) atoms. The normalized spacial score (nSPS) is 19.9. The van der Waals surface area contributed by atoms with Crippen molar-refractivity contribution in [3.8, 4) is 0 Å². The second-order valence-corrected chi connectivity index (χ2v) is 4.73. The lowest BCUT2D eigenvalue weighted by Crippen LogP contribution is -2.41. The fourth-order valence-electron chi connectivity index (χ4n) is 2.33. The van der Waals surface area contributed by atoms with Gasteiger partial charge in [0.05, 0.1) is 6.04 Å². The maximum Gasteiger partial charge on any atom is 0.220 e. The van der Waals surface area contributed by atoms with E-state index in [1.54, 1.807) is 13.8 Å². The number of hydrogen-bond acceptors (Lipinski definition) is 2. The molecule has 0 spiro atoms. The standard InChI is InChI=1S/C13H23NO2/c1-3-12(15)14-10(2)13(16)11-8-6-4-5-7-9-11/h10-11H,3-9H2,1-2H3,(H,14,15). The largest absolute Gasteiger partial charge is 0.347 e. The van der Waals surface area contributed by atoms with E-state index < -0.39 is 0 Å². The van der Waals surface area contributed by atoms with Gasteiger partial charge in [0.2, 0.25) is 5.91 Å². The molecule has 1 atom stereocenters. The SMILES string of the molecule is CCC(=O)NC(C)C(=O)C1CCCCCC1. The molecule has 1 rings (SSSR count). The molecular weight excluding hydrogens is 202 g/mol. The molecule has 0 bridgehead atoms. The Balaban J connectivity index is 2.44. The van der Waals surface area contributed by atoms with Gasteiger partial charge in [-0.1, -0.05) is 32.6 Å². The van der Waals surface area contributed by atoms with Gasteiger partial charge in [0.15, 0.2) is 5.78 Å². The van der Waals surface area contributed by atoms with Crippen LogP contribution in [-0.2, 0) is 9.59 Å². The first-order chi connectivity index (χ1) is 7.65. The van der Waals surface area contributed by atoms with Crippen LogP contribution in [0.1, 0.15) is 58.8 Å². The molecule has 0 aromatic heterocycles. The molecule has 3 heteroatoms. The molecule has 1 unspecified atom stereocenters. The Labute approximate surface area is 98.0 Å². The number of amides is 1. The Kier molecular flexibility index (Phi) is 5.50. The van der Waals surface area contributed by atoms with Gasteiger partial charge in [-0.15, -0.1) is 0 Å². The van der Waals surface area contributed by atoms with E-state index in [-0.39, 0.29) is 23.7 Å². The lowest BCUT2D eigenvalue weighted by atomic mass is 9.91. The van der Waals surface area contributed by atoms with E-state index in [1.165, 1.54) is 12.8 Å². The number of nitrogens with one attached hydrogen (secondary N) is 1. The van der Waals surface area contributed by atoms with Crippen LogP contribution in [0.15, 0.2) is 0 Å². The smallest absolute Gasteiger partial charge is 0.220 e. The Morgan fingerprint density at radius 2 is 1.75 bits per heavy atom. The maximum atomic E-state index is 12.1. The van der Waals surface area contributed by atoms with E-state index in [4.69, 9.17) is 0 Å². The van der Waals surface area contributed by atoms with Crippen LogP contribution in [0.5, 0.6) is 0 Å². The molecule has 0 aliphatic heterocycles.